The minimum atomic E-state index is 0.326. The van der Waals surface area contributed by atoms with E-state index in [4.69, 9.17) is 5.73 Å². The summed E-state index contributed by atoms with van der Waals surface area (Å²) in [5.74, 6) is 0. The van der Waals surface area contributed by atoms with Gasteiger partial charge >= 0.3 is 0 Å². The summed E-state index contributed by atoms with van der Waals surface area (Å²) in [4.78, 5) is 0. The zero-order valence-corrected chi connectivity index (χ0v) is 8.61. The molecular formula is C10H18N4. The Morgan fingerprint density at radius 1 is 1.64 bits per heavy atom. The van der Waals surface area contributed by atoms with Crippen LogP contribution in [0.2, 0.25) is 0 Å². The van der Waals surface area contributed by atoms with Gasteiger partial charge in [-0.1, -0.05) is 0 Å². The van der Waals surface area contributed by atoms with E-state index >= 15 is 0 Å². The van der Waals surface area contributed by atoms with Crippen LogP contribution in [0.15, 0.2) is 12.4 Å². The normalized spacial score (nSPS) is 27.9. The van der Waals surface area contributed by atoms with Gasteiger partial charge in [0.25, 0.3) is 0 Å². The Kier molecular flexibility index (Phi) is 2.84. The summed E-state index contributed by atoms with van der Waals surface area (Å²) in [6.45, 7) is 3.95. The number of nitrogens with one attached hydrogen (secondary N) is 1. The molecule has 1 saturated heterocycles. The number of aromatic nitrogens is 2. The second-order valence-electron chi connectivity index (χ2n) is 3.93. The first-order valence-electron chi connectivity index (χ1n) is 5.31. The first kappa shape index (κ1) is 9.68. The van der Waals surface area contributed by atoms with Gasteiger partial charge in [0.1, 0.15) is 0 Å². The van der Waals surface area contributed by atoms with Crippen LogP contribution in [0.4, 0.5) is 0 Å². The predicted octanol–water partition coefficient (Wildman–Crippen LogP) is 0.655. The van der Waals surface area contributed by atoms with Gasteiger partial charge in [0.15, 0.2) is 0 Å². The van der Waals surface area contributed by atoms with Crippen molar-refractivity contribution in [3.63, 3.8) is 0 Å². The molecule has 0 radical (unpaired) electrons. The van der Waals surface area contributed by atoms with Crippen LogP contribution in [0.1, 0.15) is 31.4 Å². The van der Waals surface area contributed by atoms with Crippen molar-refractivity contribution >= 4 is 0 Å². The van der Waals surface area contributed by atoms with Crippen LogP contribution in [0.5, 0.6) is 0 Å². The lowest BCUT2D eigenvalue weighted by Gasteiger charge is -2.26. The minimum absolute atomic E-state index is 0.326. The predicted molar refractivity (Wildman–Crippen MR) is 55.9 cm³/mol. The average Bonchev–Trinajstić information content (AvgIpc) is 2.67. The van der Waals surface area contributed by atoms with Gasteiger partial charge in [-0.3, -0.25) is 4.68 Å². The van der Waals surface area contributed by atoms with Gasteiger partial charge in [0, 0.05) is 36.9 Å². The van der Waals surface area contributed by atoms with Crippen LogP contribution in [-0.4, -0.2) is 22.4 Å². The van der Waals surface area contributed by atoms with E-state index in [0.29, 0.717) is 12.1 Å². The molecule has 2 atom stereocenters. The van der Waals surface area contributed by atoms with E-state index in [9.17, 15) is 0 Å². The van der Waals surface area contributed by atoms with Crippen molar-refractivity contribution in [3.05, 3.63) is 18.0 Å². The van der Waals surface area contributed by atoms with Crippen LogP contribution in [0, 0.1) is 0 Å². The van der Waals surface area contributed by atoms with E-state index in [1.807, 2.05) is 10.9 Å². The number of aryl methyl sites for hydroxylation is 1. The van der Waals surface area contributed by atoms with Crippen molar-refractivity contribution in [2.45, 2.75) is 38.4 Å². The standard InChI is InChI=1S/C10H18N4/c1-2-14-7-8(5-13-14)10-4-3-9(11)6-12-10/h5,7,9-10,12H,2-4,6,11H2,1H3. The van der Waals surface area contributed by atoms with E-state index in [1.165, 1.54) is 5.56 Å². The van der Waals surface area contributed by atoms with Crippen molar-refractivity contribution in [3.8, 4) is 0 Å². The summed E-state index contributed by atoms with van der Waals surface area (Å²) >= 11 is 0. The molecule has 1 aromatic heterocycles. The quantitative estimate of drug-likeness (QED) is 0.727. The minimum Gasteiger partial charge on any atom is -0.327 e. The van der Waals surface area contributed by atoms with Crippen LogP contribution in [0.25, 0.3) is 0 Å². The Balaban J connectivity index is 2.01. The van der Waals surface area contributed by atoms with E-state index in [0.717, 1.165) is 25.9 Å². The lowest BCUT2D eigenvalue weighted by Crippen LogP contribution is -2.41. The highest BCUT2D eigenvalue weighted by molar-refractivity contribution is 5.11. The molecule has 1 aromatic rings. The molecule has 0 amide bonds. The Labute approximate surface area is 84.5 Å². The number of nitrogens with zero attached hydrogens (tertiary/aromatic N) is 2. The maximum Gasteiger partial charge on any atom is 0.0537 e. The SMILES string of the molecule is CCn1cc(C2CCC(N)CN2)cn1. The molecule has 0 spiro atoms. The third kappa shape index (κ3) is 1.96. The largest absolute Gasteiger partial charge is 0.327 e. The molecule has 0 saturated carbocycles. The van der Waals surface area contributed by atoms with Gasteiger partial charge in [0.2, 0.25) is 0 Å². The maximum atomic E-state index is 5.82. The summed E-state index contributed by atoms with van der Waals surface area (Å²) in [6, 6.07) is 0.780. The summed E-state index contributed by atoms with van der Waals surface area (Å²) in [7, 11) is 0. The summed E-state index contributed by atoms with van der Waals surface area (Å²) in [5.41, 5.74) is 7.11. The number of piperidine rings is 1. The maximum absolute atomic E-state index is 5.82. The van der Waals surface area contributed by atoms with Gasteiger partial charge in [-0.25, -0.2) is 0 Å². The molecule has 0 aliphatic carbocycles. The van der Waals surface area contributed by atoms with Gasteiger partial charge in [-0.05, 0) is 19.8 Å². The summed E-state index contributed by atoms with van der Waals surface area (Å²) < 4.78 is 1.96. The van der Waals surface area contributed by atoms with Gasteiger partial charge in [-0.15, -0.1) is 0 Å². The first-order valence-corrected chi connectivity index (χ1v) is 5.31. The Morgan fingerprint density at radius 2 is 2.50 bits per heavy atom. The van der Waals surface area contributed by atoms with Crippen LogP contribution in [0.3, 0.4) is 0 Å². The number of hydrogen-bond donors (Lipinski definition) is 2. The van der Waals surface area contributed by atoms with Crippen molar-refractivity contribution in [1.82, 2.24) is 15.1 Å². The third-order valence-corrected chi connectivity index (χ3v) is 2.83. The molecule has 2 heterocycles. The highest BCUT2D eigenvalue weighted by atomic mass is 15.3. The second-order valence-corrected chi connectivity index (χ2v) is 3.93. The molecule has 1 aliphatic rings. The summed E-state index contributed by atoms with van der Waals surface area (Å²) in [5, 5.41) is 7.72. The molecule has 2 rings (SSSR count). The Hall–Kier alpha value is -0.870. The Morgan fingerprint density at radius 3 is 3.07 bits per heavy atom. The highest BCUT2D eigenvalue weighted by Crippen LogP contribution is 2.21. The van der Waals surface area contributed by atoms with Crippen molar-refractivity contribution < 1.29 is 0 Å². The number of nitrogens with two attached hydrogens (primary N) is 1. The number of rotatable bonds is 2. The van der Waals surface area contributed by atoms with Crippen LogP contribution in [-0.2, 0) is 6.54 Å². The molecule has 1 fully saturated rings. The van der Waals surface area contributed by atoms with E-state index in [-0.39, 0.29) is 0 Å². The second kappa shape index (κ2) is 4.11. The average molecular weight is 194 g/mol. The van der Waals surface area contributed by atoms with Gasteiger partial charge in [0.05, 0.1) is 6.20 Å². The molecular weight excluding hydrogens is 176 g/mol. The topological polar surface area (TPSA) is 55.9 Å². The zero-order valence-electron chi connectivity index (χ0n) is 8.61. The third-order valence-electron chi connectivity index (χ3n) is 2.83. The lowest BCUT2D eigenvalue weighted by molar-refractivity contribution is 0.373. The molecule has 4 heteroatoms. The van der Waals surface area contributed by atoms with Gasteiger partial charge in [-0.2, -0.15) is 5.10 Å². The number of hydrogen-bond acceptors (Lipinski definition) is 3. The fourth-order valence-corrected chi connectivity index (χ4v) is 1.90. The molecule has 3 N–H and O–H groups in total. The summed E-state index contributed by atoms with van der Waals surface area (Å²) in [6.07, 6.45) is 6.30. The molecule has 4 nitrogen and oxygen atoms in total. The molecule has 0 aromatic carbocycles. The van der Waals surface area contributed by atoms with E-state index in [2.05, 4.69) is 23.5 Å². The Bertz CT molecular complexity index is 286. The molecule has 2 unspecified atom stereocenters. The van der Waals surface area contributed by atoms with Gasteiger partial charge < -0.3 is 11.1 Å². The van der Waals surface area contributed by atoms with Crippen LogP contribution < -0.4 is 11.1 Å². The van der Waals surface area contributed by atoms with Crippen molar-refractivity contribution in [1.29, 1.82) is 0 Å². The molecule has 0 bridgehead atoms. The highest BCUT2D eigenvalue weighted by Gasteiger charge is 2.19. The molecule has 78 valence electrons. The van der Waals surface area contributed by atoms with Crippen LogP contribution >= 0.6 is 0 Å². The first-order chi connectivity index (χ1) is 6.79. The lowest BCUT2D eigenvalue weighted by atomic mass is 9.98. The van der Waals surface area contributed by atoms with Crippen molar-refractivity contribution in [2.24, 2.45) is 5.73 Å². The molecule has 1 aliphatic heterocycles. The smallest absolute Gasteiger partial charge is 0.0537 e. The molecule has 14 heavy (non-hydrogen) atoms. The fraction of sp³-hybridized carbons (Fsp3) is 0.700. The zero-order chi connectivity index (χ0) is 9.97. The fourth-order valence-electron chi connectivity index (χ4n) is 1.90. The van der Waals surface area contributed by atoms with Crippen molar-refractivity contribution in [2.75, 3.05) is 6.54 Å². The van der Waals surface area contributed by atoms with E-state index < -0.39 is 0 Å². The monoisotopic (exact) mass is 194 g/mol. The van der Waals surface area contributed by atoms with E-state index in [1.54, 1.807) is 0 Å².